The third-order valence-corrected chi connectivity index (χ3v) is 7.26. The fraction of sp³-hybridized carbons (Fsp3) is 0.542. The molecule has 0 bridgehead atoms. The van der Waals surface area contributed by atoms with Crippen molar-refractivity contribution in [3.8, 4) is 10.6 Å². The average Bonchev–Trinajstić information content (AvgIpc) is 3.17. The van der Waals surface area contributed by atoms with Gasteiger partial charge in [0.05, 0.1) is 5.69 Å². The third-order valence-electron chi connectivity index (χ3n) is 6.06. The Balaban J connectivity index is 1.55. The number of piperidine rings is 1. The number of nitrogens with zero attached hydrogens (tertiary/aromatic N) is 2. The molecule has 2 aromatic rings. The van der Waals surface area contributed by atoms with Crippen LogP contribution in [0.4, 0.5) is 0 Å². The second-order valence-electron chi connectivity index (χ2n) is 8.36. The Bertz CT molecular complexity index is 886. The van der Waals surface area contributed by atoms with Crippen LogP contribution in [-0.2, 0) is 9.53 Å². The van der Waals surface area contributed by atoms with Crippen molar-refractivity contribution < 1.29 is 14.3 Å². The summed E-state index contributed by atoms with van der Waals surface area (Å²) >= 11 is 1.47. The molecule has 0 radical (unpaired) electrons. The molecule has 1 N–H and O–H groups in total. The molecule has 1 saturated heterocycles. The summed E-state index contributed by atoms with van der Waals surface area (Å²) in [7, 11) is 1.66. The largest absolute Gasteiger partial charge is 0.385 e. The number of hydrogen-bond donors (Lipinski definition) is 1. The molecule has 3 rings (SSSR count). The molecule has 0 spiro atoms. The highest BCUT2D eigenvalue weighted by Gasteiger charge is 2.31. The Kier molecular flexibility index (Phi) is 8.21. The van der Waals surface area contributed by atoms with Gasteiger partial charge >= 0.3 is 0 Å². The number of carbonyl (C=O) groups is 2. The number of nitrogens with one attached hydrogen (secondary N) is 1. The minimum Gasteiger partial charge on any atom is -0.385 e. The molecule has 1 aliphatic heterocycles. The van der Waals surface area contributed by atoms with Crippen molar-refractivity contribution in [3.05, 3.63) is 40.4 Å². The highest BCUT2D eigenvalue weighted by molar-refractivity contribution is 7.17. The van der Waals surface area contributed by atoms with Gasteiger partial charge in [-0.1, -0.05) is 36.8 Å². The molecule has 1 fully saturated rings. The third kappa shape index (κ3) is 5.92. The number of methoxy groups -OCH3 is 1. The zero-order valence-corrected chi connectivity index (χ0v) is 19.8. The number of thiazole rings is 1. The normalized spacial score (nSPS) is 15.7. The Morgan fingerprint density at radius 3 is 2.55 bits per heavy atom. The number of carbonyl (C=O) groups excluding carboxylic acids is 2. The topological polar surface area (TPSA) is 71.5 Å². The van der Waals surface area contributed by atoms with Gasteiger partial charge in [-0.2, -0.15) is 0 Å². The molecule has 0 aliphatic carbocycles. The summed E-state index contributed by atoms with van der Waals surface area (Å²) < 4.78 is 5.02. The summed E-state index contributed by atoms with van der Waals surface area (Å²) in [5.41, 5.74) is 3.03. The Morgan fingerprint density at radius 2 is 1.90 bits per heavy atom. The fourth-order valence-electron chi connectivity index (χ4n) is 3.96. The zero-order valence-electron chi connectivity index (χ0n) is 18.9. The van der Waals surface area contributed by atoms with Crippen molar-refractivity contribution in [2.45, 2.75) is 40.0 Å². The van der Waals surface area contributed by atoms with Crippen LogP contribution < -0.4 is 5.32 Å². The number of benzene rings is 1. The minimum absolute atomic E-state index is 0.0434. The number of likely N-dealkylation sites (tertiary alicyclic amines) is 1. The van der Waals surface area contributed by atoms with E-state index in [1.54, 1.807) is 7.11 Å². The lowest BCUT2D eigenvalue weighted by atomic mass is 9.84. The lowest BCUT2D eigenvalue weighted by molar-refractivity contribution is -0.126. The Labute approximate surface area is 189 Å². The molecule has 1 atom stereocenters. The van der Waals surface area contributed by atoms with Crippen LogP contribution in [0, 0.1) is 25.7 Å². The van der Waals surface area contributed by atoms with E-state index in [4.69, 9.17) is 4.74 Å². The lowest BCUT2D eigenvalue weighted by Crippen LogP contribution is -2.42. The van der Waals surface area contributed by atoms with Gasteiger partial charge < -0.3 is 15.0 Å². The van der Waals surface area contributed by atoms with Gasteiger partial charge in [0.25, 0.3) is 5.91 Å². The van der Waals surface area contributed by atoms with E-state index < -0.39 is 0 Å². The van der Waals surface area contributed by atoms with Gasteiger partial charge in [-0.15, -0.1) is 11.3 Å². The molecule has 168 valence electrons. The van der Waals surface area contributed by atoms with Crippen molar-refractivity contribution >= 4 is 23.2 Å². The predicted octanol–water partition coefficient (Wildman–Crippen LogP) is 4.07. The lowest BCUT2D eigenvalue weighted by Gasteiger charge is -2.34. The standard InChI is InChI=1S/C24H33N3O3S/c1-16-6-8-20(9-7-16)23-26-18(3)21(31-23)24(29)27-13-10-19(11-14-27)17(2)22(28)25-12-5-15-30-4/h6-9,17,19H,5,10-15H2,1-4H3,(H,25,28)/t17-/m1/s1. The minimum atomic E-state index is -0.0434. The second kappa shape index (κ2) is 10.9. The molecular formula is C24H33N3O3S. The number of aryl methyl sites for hydroxylation is 2. The van der Waals surface area contributed by atoms with Gasteiger partial charge in [-0.25, -0.2) is 4.98 Å². The van der Waals surface area contributed by atoms with Gasteiger partial charge in [-0.05, 0) is 39.0 Å². The van der Waals surface area contributed by atoms with Gasteiger partial charge in [-0.3, -0.25) is 9.59 Å². The van der Waals surface area contributed by atoms with E-state index in [-0.39, 0.29) is 17.7 Å². The molecule has 31 heavy (non-hydrogen) atoms. The summed E-state index contributed by atoms with van der Waals surface area (Å²) in [5.74, 6) is 0.417. The molecule has 2 heterocycles. The van der Waals surface area contributed by atoms with Crippen LogP contribution >= 0.6 is 11.3 Å². The summed E-state index contributed by atoms with van der Waals surface area (Å²) in [6.07, 6.45) is 2.52. The molecule has 1 aromatic carbocycles. The fourth-order valence-corrected chi connectivity index (χ4v) is 5.00. The number of hydrogen-bond acceptors (Lipinski definition) is 5. The molecule has 7 heteroatoms. The van der Waals surface area contributed by atoms with E-state index in [0.29, 0.717) is 32.2 Å². The first kappa shape index (κ1) is 23.4. The highest BCUT2D eigenvalue weighted by Crippen LogP contribution is 2.31. The monoisotopic (exact) mass is 443 g/mol. The van der Waals surface area contributed by atoms with Crippen LogP contribution in [0.15, 0.2) is 24.3 Å². The quantitative estimate of drug-likeness (QED) is 0.625. The SMILES string of the molecule is COCCCNC(=O)[C@H](C)C1CCN(C(=O)c2sc(-c3ccc(C)cc3)nc2C)CC1. The van der Waals surface area contributed by atoms with Gasteiger partial charge in [0.2, 0.25) is 5.91 Å². The van der Waals surface area contributed by atoms with Crippen LogP contribution in [0.3, 0.4) is 0 Å². The van der Waals surface area contributed by atoms with Crippen molar-refractivity contribution in [3.63, 3.8) is 0 Å². The first-order valence-electron chi connectivity index (χ1n) is 11.0. The van der Waals surface area contributed by atoms with E-state index in [2.05, 4.69) is 41.5 Å². The van der Waals surface area contributed by atoms with E-state index in [1.807, 2.05) is 18.7 Å². The number of amides is 2. The summed E-state index contributed by atoms with van der Waals surface area (Å²) in [5, 5.41) is 3.88. The first-order chi connectivity index (χ1) is 14.9. The van der Waals surface area contributed by atoms with E-state index in [1.165, 1.54) is 16.9 Å². The molecule has 0 unspecified atom stereocenters. The molecule has 0 saturated carbocycles. The van der Waals surface area contributed by atoms with Gasteiger partial charge in [0.1, 0.15) is 9.88 Å². The van der Waals surface area contributed by atoms with Crippen molar-refractivity contribution in [2.24, 2.45) is 11.8 Å². The summed E-state index contributed by atoms with van der Waals surface area (Å²) in [6, 6.07) is 8.23. The Morgan fingerprint density at radius 1 is 1.23 bits per heavy atom. The van der Waals surface area contributed by atoms with E-state index in [9.17, 15) is 9.59 Å². The molecular weight excluding hydrogens is 410 g/mol. The number of rotatable bonds is 8. The van der Waals surface area contributed by atoms with Gasteiger partial charge in [0, 0.05) is 44.8 Å². The van der Waals surface area contributed by atoms with Crippen molar-refractivity contribution in [1.29, 1.82) is 0 Å². The maximum absolute atomic E-state index is 13.1. The first-order valence-corrected chi connectivity index (χ1v) is 11.8. The van der Waals surface area contributed by atoms with E-state index >= 15 is 0 Å². The maximum atomic E-state index is 13.1. The van der Waals surface area contributed by atoms with Crippen molar-refractivity contribution in [1.82, 2.24) is 15.2 Å². The highest BCUT2D eigenvalue weighted by atomic mass is 32.1. The molecule has 2 amide bonds. The van der Waals surface area contributed by atoms with Crippen molar-refractivity contribution in [2.75, 3.05) is 33.4 Å². The molecule has 1 aliphatic rings. The van der Waals surface area contributed by atoms with Crippen LogP contribution in [-0.4, -0.2) is 55.0 Å². The number of ether oxygens (including phenoxy) is 1. The van der Waals surface area contributed by atoms with Crippen LogP contribution in [0.5, 0.6) is 0 Å². The van der Waals surface area contributed by atoms with Gasteiger partial charge in [0.15, 0.2) is 0 Å². The van der Waals surface area contributed by atoms with Crippen LogP contribution in [0.2, 0.25) is 0 Å². The van der Waals surface area contributed by atoms with E-state index in [0.717, 1.165) is 40.4 Å². The summed E-state index contributed by atoms with van der Waals surface area (Å²) in [6.45, 7) is 8.62. The second-order valence-corrected chi connectivity index (χ2v) is 9.35. The summed E-state index contributed by atoms with van der Waals surface area (Å²) in [4.78, 5) is 32.8. The zero-order chi connectivity index (χ0) is 22.4. The molecule has 1 aromatic heterocycles. The van der Waals surface area contributed by atoms with Crippen LogP contribution in [0.25, 0.3) is 10.6 Å². The Hall–Kier alpha value is -2.25. The number of aromatic nitrogens is 1. The van der Waals surface area contributed by atoms with Crippen LogP contribution in [0.1, 0.15) is 47.1 Å². The molecule has 6 nitrogen and oxygen atoms in total. The average molecular weight is 444 g/mol. The maximum Gasteiger partial charge on any atom is 0.265 e. The smallest absolute Gasteiger partial charge is 0.265 e. The predicted molar refractivity (Wildman–Crippen MR) is 124 cm³/mol.